The minimum absolute atomic E-state index is 0.0445. The van der Waals surface area contributed by atoms with Gasteiger partial charge in [0.2, 0.25) is 5.78 Å². The second-order valence-electron chi connectivity index (χ2n) is 5.36. The lowest BCUT2D eigenvalue weighted by Crippen LogP contribution is -2.24. The van der Waals surface area contributed by atoms with E-state index in [4.69, 9.17) is 4.74 Å². The van der Waals surface area contributed by atoms with Gasteiger partial charge in [-0.05, 0) is 32.4 Å². The van der Waals surface area contributed by atoms with Crippen molar-refractivity contribution in [3.8, 4) is 11.8 Å². The molecule has 6 nitrogen and oxygen atoms in total. The first-order valence-electron chi connectivity index (χ1n) is 8.24. The zero-order valence-electron chi connectivity index (χ0n) is 14.4. The maximum atomic E-state index is 12.9. The Balaban J connectivity index is 2.11. The molecule has 0 aliphatic heterocycles. The second kappa shape index (κ2) is 8.19. The average Bonchev–Trinajstić information content (AvgIpc) is 3.05. The smallest absolute Gasteiger partial charge is 0.262 e. The van der Waals surface area contributed by atoms with Crippen molar-refractivity contribution in [2.45, 2.75) is 32.0 Å². The fourth-order valence-corrected chi connectivity index (χ4v) is 3.42. The standard InChI is InChI=1S/C18H20N4O2S/c1-3-5-13-25-18-20-19-17-21(11-8-12-24-4-2)16(23)14-9-6-7-10-15(14)22(17)18/h6-7,9-10H,4,8,11-13H2,1-2H3. The van der Waals surface area contributed by atoms with Gasteiger partial charge in [-0.3, -0.25) is 13.8 Å². The van der Waals surface area contributed by atoms with Gasteiger partial charge in [0, 0.05) is 19.8 Å². The van der Waals surface area contributed by atoms with Crippen LogP contribution in [0.25, 0.3) is 16.7 Å². The summed E-state index contributed by atoms with van der Waals surface area (Å²) in [5.41, 5.74) is 0.775. The molecule has 25 heavy (non-hydrogen) atoms. The molecule has 1 aromatic carbocycles. The van der Waals surface area contributed by atoms with Crippen molar-refractivity contribution in [1.29, 1.82) is 0 Å². The molecule has 0 spiro atoms. The molecular formula is C18H20N4O2S. The van der Waals surface area contributed by atoms with E-state index in [1.165, 1.54) is 11.8 Å². The van der Waals surface area contributed by atoms with Gasteiger partial charge in [-0.2, -0.15) is 0 Å². The number of para-hydroxylation sites is 1. The van der Waals surface area contributed by atoms with Crippen LogP contribution in [0.2, 0.25) is 0 Å². The first-order valence-corrected chi connectivity index (χ1v) is 9.23. The van der Waals surface area contributed by atoms with Gasteiger partial charge in [-0.1, -0.05) is 29.8 Å². The van der Waals surface area contributed by atoms with Gasteiger partial charge in [0.25, 0.3) is 5.56 Å². The molecule has 0 fully saturated rings. The number of thioether (sulfide) groups is 1. The lowest BCUT2D eigenvalue weighted by atomic mass is 10.2. The topological polar surface area (TPSA) is 61.4 Å². The van der Waals surface area contributed by atoms with Gasteiger partial charge in [0.1, 0.15) is 0 Å². The number of rotatable bonds is 7. The predicted molar refractivity (Wildman–Crippen MR) is 100 cm³/mol. The normalized spacial score (nSPS) is 11.0. The fraction of sp³-hybridized carbons (Fsp3) is 0.389. The van der Waals surface area contributed by atoms with Crippen LogP contribution in [0, 0.1) is 11.8 Å². The van der Waals surface area contributed by atoms with Gasteiger partial charge in [-0.25, -0.2) is 0 Å². The quantitative estimate of drug-likeness (QED) is 0.370. The third kappa shape index (κ3) is 3.55. The van der Waals surface area contributed by atoms with Crippen molar-refractivity contribution < 1.29 is 4.74 Å². The van der Waals surface area contributed by atoms with Crippen molar-refractivity contribution >= 4 is 28.4 Å². The zero-order valence-corrected chi connectivity index (χ0v) is 15.2. The highest BCUT2D eigenvalue weighted by atomic mass is 32.2. The van der Waals surface area contributed by atoms with E-state index >= 15 is 0 Å². The predicted octanol–water partition coefficient (Wildman–Crippen LogP) is 2.59. The number of hydrogen-bond donors (Lipinski definition) is 0. The molecule has 0 aliphatic rings. The average molecular weight is 356 g/mol. The lowest BCUT2D eigenvalue weighted by molar-refractivity contribution is 0.141. The Bertz CT molecular complexity index is 997. The van der Waals surface area contributed by atoms with Crippen molar-refractivity contribution in [1.82, 2.24) is 19.2 Å². The van der Waals surface area contributed by atoms with Crippen LogP contribution in [0.15, 0.2) is 34.2 Å². The highest BCUT2D eigenvalue weighted by molar-refractivity contribution is 7.99. The van der Waals surface area contributed by atoms with Crippen LogP contribution in [0.3, 0.4) is 0 Å². The molecule has 130 valence electrons. The first-order chi connectivity index (χ1) is 12.3. The van der Waals surface area contributed by atoms with Crippen molar-refractivity contribution in [3.63, 3.8) is 0 Å². The highest BCUT2D eigenvalue weighted by Crippen LogP contribution is 2.21. The Morgan fingerprint density at radius 1 is 1.28 bits per heavy atom. The van der Waals surface area contributed by atoms with E-state index in [2.05, 4.69) is 22.0 Å². The summed E-state index contributed by atoms with van der Waals surface area (Å²) in [5, 5.41) is 9.96. The summed E-state index contributed by atoms with van der Waals surface area (Å²) in [4.78, 5) is 12.9. The number of benzene rings is 1. The third-order valence-corrected chi connectivity index (χ3v) is 4.61. The third-order valence-electron chi connectivity index (χ3n) is 3.80. The molecule has 0 unspecified atom stereocenters. The molecule has 0 bridgehead atoms. The number of aryl methyl sites for hydroxylation is 1. The van der Waals surface area contributed by atoms with Crippen molar-refractivity contribution in [2.75, 3.05) is 19.0 Å². The SMILES string of the molecule is CC#CCSc1nnc2n(CCCOCC)c(=O)c3ccccc3n12. The molecule has 3 rings (SSSR count). The van der Waals surface area contributed by atoms with Crippen LogP contribution >= 0.6 is 11.8 Å². The van der Waals surface area contributed by atoms with Gasteiger partial charge in [0.15, 0.2) is 5.16 Å². The van der Waals surface area contributed by atoms with Gasteiger partial charge in [0.05, 0.1) is 16.7 Å². The van der Waals surface area contributed by atoms with Crippen LogP contribution < -0.4 is 5.56 Å². The van der Waals surface area contributed by atoms with Crippen molar-refractivity contribution in [2.24, 2.45) is 0 Å². The Morgan fingerprint density at radius 2 is 2.12 bits per heavy atom. The molecule has 3 aromatic rings. The van der Waals surface area contributed by atoms with Gasteiger partial charge in [-0.15, -0.1) is 16.1 Å². The minimum Gasteiger partial charge on any atom is -0.382 e. The zero-order chi connectivity index (χ0) is 17.6. The maximum absolute atomic E-state index is 12.9. The molecule has 2 heterocycles. The summed E-state index contributed by atoms with van der Waals surface area (Å²) in [5.74, 6) is 7.09. The number of hydrogen-bond acceptors (Lipinski definition) is 5. The minimum atomic E-state index is -0.0445. The van der Waals surface area contributed by atoms with E-state index in [1.54, 1.807) is 4.57 Å². The van der Waals surface area contributed by atoms with E-state index in [0.717, 1.165) is 17.1 Å². The number of fused-ring (bicyclic) bond motifs is 3. The molecule has 0 saturated carbocycles. The Hall–Kier alpha value is -2.30. The molecule has 0 atom stereocenters. The Morgan fingerprint density at radius 3 is 2.92 bits per heavy atom. The first kappa shape index (κ1) is 17.5. The summed E-state index contributed by atoms with van der Waals surface area (Å²) in [6.07, 6.45) is 0.748. The number of nitrogens with zero attached hydrogens (tertiary/aromatic N) is 4. The van der Waals surface area contributed by atoms with Crippen LogP contribution in [-0.2, 0) is 11.3 Å². The summed E-state index contributed by atoms with van der Waals surface area (Å²) >= 11 is 1.52. The highest BCUT2D eigenvalue weighted by Gasteiger charge is 2.16. The van der Waals surface area contributed by atoms with E-state index in [-0.39, 0.29) is 5.56 Å². The fourth-order valence-electron chi connectivity index (χ4n) is 2.67. The Kier molecular flexibility index (Phi) is 5.74. The lowest BCUT2D eigenvalue weighted by Gasteiger charge is -2.11. The van der Waals surface area contributed by atoms with E-state index in [1.807, 2.05) is 42.5 Å². The summed E-state index contributed by atoms with van der Waals surface area (Å²) in [7, 11) is 0. The van der Waals surface area contributed by atoms with Crippen LogP contribution in [0.1, 0.15) is 20.3 Å². The summed E-state index contributed by atoms with van der Waals surface area (Å²) in [6, 6.07) is 7.56. The molecular weight excluding hydrogens is 336 g/mol. The van der Waals surface area contributed by atoms with Crippen LogP contribution in [0.5, 0.6) is 0 Å². The van der Waals surface area contributed by atoms with Crippen LogP contribution in [0.4, 0.5) is 0 Å². The van der Waals surface area contributed by atoms with Gasteiger partial charge >= 0.3 is 0 Å². The molecule has 2 aromatic heterocycles. The second-order valence-corrected chi connectivity index (χ2v) is 6.30. The molecule has 7 heteroatoms. The molecule has 0 radical (unpaired) electrons. The Labute approximate surface area is 150 Å². The largest absolute Gasteiger partial charge is 0.382 e. The monoisotopic (exact) mass is 356 g/mol. The van der Waals surface area contributed by atoms with E-state index in [0.29, 0.717) is 36.7 Å². The summed E-state index contributed by atoms with van der Waals surface area (Å²) < 4.78 is 9.02. The van der Waals surface area contributed by atoms with E-state index < -0.39 is 0 Å². The number of aromatic nitrogens is 4. The molecule has 0 amide bonds. The molecule has 0 saturated heterocycles. The molecule has 0 aliphatic carbocycles. The van der Waals surface area contributed by atoms with E-state index in [9.17, 15) is 4.79 Å². The maximum Gasteiger partial charge on any atom is 0.262 e. The summed E-state index contributed by atoms with van der Waals surface area (Å²) in [6.45, 7) is 5.61. The van der Waals surface area contributed by atoms with Crippen molar-refractivity contribution in [3.05, 3.63) is 34.6 Å². The van der Waals surface area contributed by atoms with Crippen LogP contribution in [-0.4, -0.2) is 38.1 Å². The number of ether oxygens (including phenoxy) is 1. The molecule has 0 N–H and O–H groups in total. The van der Waals surface area contributed by atoms with Gasteiger partial charge < -0.3 is 4.74 Å².